The zero-order valence-electron chi connectivity index (χ0n) is 15.5. The fourth-order valence-electron chi connectivity index (χ4n) is 2.69. The molecule has 4 rings (SSSR count). The molecule has 0 aliphatic heterocycles. The molecule has 0 amide bonds. The maximum atomic E-state index is 3.82. The van der Waals surface area contributed by atoms with Crippen LogP contribution in [0.15, 0.2) is 73.8 Å². The van der Waals surface area contributed by atoms with Gasteiger partial charge in [0.15, 0.2) is 0 Å². The quantitative estimate of drug-likeness (QED) is 0.328. The van der Waals surface area contributed by atoms with Crippen LogP contribution in [-0.4, -0.2) is 3.21 Å². The van der Waals surface area contributed by atoms with E-state index in [1.54, 1.807) is 24.2 Å². The normalized spacial score (nSPS) is 10.3. The fraction of sp³-hybridized carbons (Fsp3) is 0.120. The molecule has 0 nitrogen and oxygen atoms in total. The summed E-state index contributed by atoms with van der Waals surface area (Å²) < 4.78 is 1.51. The first-order valence-electron chi connectivity index (χ1n) is 8.66. The summed E-state index contributed by atoms with van der Waals surface area (Å²) in [5.74, 6) is 0. The van der Waals surface area contributed by atoms with Gasteiger partial charge >= 0.3 is 41.3 Å². The van der Waals surface area contributed by atoms with Gasteiger partial charge in [0.1, 0.15) is 0 Å². The van der Waals surface area contributed by atoms with Crippen molar-refractivity contribution < 1.29 is 24.2 Å². The van der Waals surface area contributed by atoms with Crippen LogP contribution < -0.4 is 0 Å². The molecule has 0 saturated carbocycles. The monoisotopic (exact) mass is 414 g/mol. The van der Waals surface area contributed by atoms with Crippen molar-refractivity contribution in [1.82, 2.24) is 0 Å². The Morgan fingerprint density at radius 1 is 1.04 bits per heavy atom. The molecule has 0 saturated heterocycles. The minimum atomic E-state index is 0.986. The molecule has 0 bridgehead atoms. The van der Waals surface area contributed by atoms with Gasteiger partial charge in [0.25, 0.3) is 0 Å². The first-order valence-corrected chi connectivity index (χ1v) is 9.89. The Hall–Kier alpha value is -1.98. The van der Waals surface area contributed by atoms with E-state index in [0.717, 1.165) is 12.0 Å². The van der Waals surface area contributed by atoms with Crippen LogP contribution in [0.2, 0.25) is 0 Å². The molecular weight excluding hydrogens is 391 g/mol. The Balaban J connectivity index is 0.000000224. The zero-order chi connectivity index (χ0) is 18.9. The molecule has 0 unspecified atom stereocenters. The van der Waals surface area contributed by atoms with Crippen LogP contribution in [0.4, 0.5) is 0 Å². The summed E-state index contributed by atoms with van der Waals surface area (Å²) in [6, 6.07) is 24.1. The van der Waals surface area contributed by atoms with Gasteiger partial charge in [-0.2, -0.15) is 42.0 Å². The van der Waals surface area contributed by atoms with E-state index in [-0.39, 0.29) is 0 Å². The maximum Gasteiger partial charge on any atom is -0.172 e. The van der Waals surface area contributed by atoms with Gasteiger partial charge in [-0.15, -0.1) is 23.8 Å². The zero-order valence-corrected chi connectivity index (χ0v) is 18.0. The van der Waals surface area contributed by atoms with Crippen LogP contribution >= 0.6 is 0 Å². The molecule has 0 spiro atoms. The predicted octanol–water partition coefficient (Wildman–Crippen LogP) is 6.49. The summed E-state index contributed by atoms with van der Waals surface area (Å²) in [5, 5.41) is 0. The number of hydrogen-bond donors (Lipinski definition) is 0. The second-order valence-electron chi connectivity index (χ2n) is 6.29. The third-order valence-corrected chi connectivity index (χ3v) is 3.87. The van der Waals surface area contributed by atoms with Gasteiger partial charge in [-0.05, 0) is 12.0 Å². The second-order valence-corrected chi connectivity index (χ2v) is 8.75. The Kier molecular flexibility index (Phi) is 8.01. The molecule has 0 aromatic heterocycles. The van der Waals surface area contributed by atoms with Crippen LogP contribution in [0, 0.1) is 6.07 Å². The molecule has 0 radical (unpaired) electrons. The topological polar surface area (TPSA) is 0 Å². The summed E-state index contributed by atoms with van der Waals surface area (Å²) in [5.41, 5.74) is 7.56. The van der Waals surface area contributed by atoms with Crippen molar-refractivity contribution in [2.24, 2.45) is 0 Å². The van der Waals surface area contributed by atoms with E-state index in [2.05, 4.69) is 57.3 Å². The van der Waals surface area contributed by atoms with Crippen molar-refractivity contribution in [1.29, 1.82) is 0 Å². The summed E-state index contributed by atoms with van der Waals surface area (Å²) >= 11 is 1.55. The summed E-state index contributed by atoms with van der Waals surface area (Å²) in [4.78, 5) is 0. The first-order chi connectivity index (χ1) is 12.5. The average molecular weight is 416 g/mol. The number of hydrogen-bond acceptors (Lipinski definition) is 0. The van der Waals surface area contributed by atoms with Gasteiger partial charge in [-0.25, -0.2) is 12.1 Å². The average Bonchev–Trinajstić information content (AvgIpc) is 3.31. The van der Waals surface area contributed by atoms with Gasteiger partial charge < -0.3 is 0 Å². The van der Waals surface area contributed by atoms with Gasteiger partial charge in [-0.1, -0.05) is 42.0 Å². The molecule has 128 valence electrons. The molecule has 1 heteroatoms. The summed E-state index contributed by atoms with van der Waals surface area (Å²) in [6.45, 7) is 11.9. The number of rotatable bonds is 2. The minimum Gasteiger partial charge on any atom is -0.214 e. The second kappa shape index (κ2) is 10.2. The largest absolute Gasteiger partial charge is 0.214 e. The van der Waals surface area contributed by atoms with Crippen LogP contribution in [0.3, 0.4) is 0 Å². The molecule has 3 aromatic rings. The number of fused-ring (bicyclic) bond motifs is 3. The van der Waals surface area contributed by atoms with Crippen LogP contribution in [0.25, 0.3) is 23.3 Å². The molecule has 26 heavy (non-hydrogen) atoms. The van der Waals surface area contributed by atoms with E-state index < -0.39 is 0 Å². The van der Waals surface area contributed by atoms with Crippen molar-refractivity contribution >= 4 is 15.4 Å². The van der Waals surface area contributed by atoms with Crippen LogP contribution in [0.1, 0.15) is 36.1 Å². The predicted molar refractivity (Wildman–Crippen MR) is 112 cm³/mol. The molecular formula is C25H24Zr. The minimum absolute atomic E-state index is 0.986. The molecule has 0 heterocycles. The van der Waals surface area contributed by atoms with Crippen molar-refractivity contribution in [2.45, 2.75) is 20.3 Å². The Labute approximate surface area is 172 Å². The van der Waals surface area contributed by atoms with Crippen molar-refractivity contribution in [3.05, 3.63) is 102 Å². The van der Waals surface area contributed by atoms with Gasteiger partial charge in [0.05, 0.1) is 0 Å². The maximum absolute atomic E-state index is 3.82. The molecule has 3 aromatic carbocycles. The molecule has 1 aliphatic carbocycles. The summed E-state index contributed by atoms with van der Waals surface area (Å²) in [6.07, 6.45) is 4.74. The van der Waals surface area contributed by atoms with E-state index in [0.29, 0.717) is 0 Å². The van der Waals surface area contributed by atoms with Crippen molar-refractivity contribution in [2.75, 3.05) is 0 Å². The van der Waals surface area contributed by atoms with Gasteiger partial charge in [0.2, 0.25) is 0 Å². The van der Waals surface area contributed by atoms with E-state index in [9.17, 15) is 0 Å². The molecule has 0 N–H and O–H groups in total. The first kappa shape index (κ1) is 20.3. The molecule has 1 aliphatic rings. The van der Waals surface area contributed by atoms with Gasteiger partial charge in [0, 0.05) is 0 Å². The standard InChI is InChI=1S/C17H13.C5H5.C3H6.Zr/c1-3-12-5-7-14-11-15-8-6-13(4-2)10-17(15)16(14)9-12;1-2-4-5-3-1;1-3-2;/h3-7,9-10H,1-2,11H2;1-5H;1-2H3;/q2*-1;;+2. The number of benzene rings is 2. The van der Waals surface area contributed by atoms with E-state index >= 15 is 0 Å². The Morgan fingerprint density at radius 2 is 1.65 bits per heavy atom. The third kappa shape index (κ3) is 5.78. The van der Waals surface area contributed by atoms with Crippen molar-refractivity contribution in [3.63, 3.8) is 0 Å². The van der Waals surface area contributed by atoms with Crippen LogP contribution in [-0.2, 0) is 30.7 Å². The third-order valence-electron chi connectivity index (χ3n) is 3.87. The summed E-state index contributed by atoms with van der Waals surface area (Å²) in [7, 11) is 0. The van der Waals surface area contributed by atoms with E-state index in [4.69, 9.17) is 0 Å². The smallest absolute Gasteiger partial charge is 0.172 e. The molecule has 0 fully saturated rings. The van der Waals surface area contributed by atoms with E-state index in [1.807, 2.05) is 48.6 Å². The SMILES string of the molecule is C=Cc1c[c-]c2c(c1)-c1cc(C=C)ccc1C2.C[C](C)=[Zr+2].c1cc[cH-]c1. The van der Waals surface area contributed by atoms with Crippen molar-refractivity contribution in [3.8, 4) is 11.1 Å². The van der Waals surface area contributed by atoms with Gasteiger partial charge in [-0.3, -0.25) is 0 Å². The Bertz CT molecular complexity index is 806. The molecule has 0 atom stereocenters. The fourth-order valence-corrected chi connectivity index (χ4v) is 2.69. The van der Waals surface area contributed by atoms with E-state index in [1.165, 1.54) is 31.0 Å². The van der Waals surface area contributed by atoms with Crippen LogP contribution in [0.5, 0.6) is 0 Å². The Morgan fingerprint density at radius 3 is 2.19 bits per heavy atom.